The Labute approximate surface area is 161 Å². The van der Waals surface area contributed by atoms with Gasteiger partial charge in [-0.05, 0) is 64.0 Å². The average Bonchev–Trinajstić information content (AvgIpc) is 2.85. The first-order valence-corrected chi connectivity index (χ1v) is 10.3. The van der Waals surface area contributed by atoms with Crippen LogP contribution in [0.2, 0.25) is 0 Å². The van der Waals surface area contributed by atoms with Crippen molar-refractivity contribution in [3.8, 4) is 0 Å². The molecule has 2 fully saturated rings. The number of piperidine rings is 1. The van der Waals surface area contributed by atoms with E-state index < -0.39 is 0 Å². The third-order valence-electron chi connectivity index (χ3n) is 6.08. The number of anilines is 1. The van der Waals surface area contributed by atoms with Crippen LogP contribution in [0.1, 0.15) is 49.0 Å². The minimum atomic E-state index is -0.0438. The monoisotopic (exact) mass is 369 g/mol. The molecule has 0 bridgehead atoms. The number of carbonyl (C=O) groups excluding carboxylic acids is 1. The summed E-state index contributed by atoms with van der Waals surface area (Å²) in [7, 11) is 4.06. The van der Waals surface area contributed by atoms with E-state index in [9.17, 15) is 4.79 Å². The molecular weight excluding hydrogens is 338 g/mol. The van der Waals surface area contributed by atoms with Gasteiger partial charge in [-0.2, -0.15) is 5.10 Å². The summed E-state index contributed by atoms with van der Waals surface area (Å²) in [6.07, 6.45) is 7.18. The molecule has 0 radical (unpaired) electrons. The van der Waals surface area contributed by atoms with Gasteiger partial charge >= 0.3 is 0 Å². The lowest BCUT2D eigenvalue weighted by Gasteiger charge is -2.29. The fraction of sp³-hybridized carbons (Fsp3) is 0.619. The molecule has 2 saturated heterocycles. The van der Waals surface area contributed by atoms with Gasteiger partial charge in [-0.15, -0.1) is 0 Å². The number of hydrogen-bond donors (Lipinski definition) is 1. The first-order chi connectivity index (χ1) is 13.1. The van der Waals surface area contributed by atoms with Crippen LogP contribution in [-0.4, -0.2) is 59.9 Å². The van der Waals surface area contributed by atoms with Crippen molar-refractivity contribution in [2.24, 2.45) is 7.05 Å². The van der Waals surface area contributed by atoms with Gasteiger partial charge in [0, 0.05) is 37.3 Å². The molecule has 146 valence electrons. The number of hydrogen-bond acceptors (Lipinski definition) is 4. The van der Waals surface area contributed by atoms with E-state index in [1.807, 2.05) is 11.7 Å². The SMILES string of the molecule is CN1CCC(NC(=O)c2nn(C)c3cc(N4CCCCCC4)ccc23)CC1. The standard InChI is InChI=1S/C21H31N5O/c1-24-13-9-16(10-14-24)22-21(27)20-18-8-7-17(15-19(18)25(2)23-20)26-11-5-3-4-6-12-26/h7-8,15-16H,3-6,9-14H2,1-2H3,(H,22,27). The van der Waals surface area contributed by atoms with Crippen LogP contribution < -0.4 is 10.2 Å². The number of aromatic nitrogens is 2. The Bertz CT molecular complexity index is 798. The van der Waals surface area contributed by atoms with E-state index in [-0.39, 0.29) is 11.9 Å². The number of fused-ring (bicyclic) bond motifs is 1. The Balaban J connectivity index is 1.54. The molecule has 2 aliphatic rings. The van der Waals surface area contributed by atoms with Crippen molar-refractivity contribution < 1.29 is 4.79 Å². The Morgan fingerprint density at radius 2 is 1.74 bits per heavy atom. The van der Waals surface area contributed by atoms with Crippen LogP contribution in [0.4, 0.5) is 5.69 Å². The maximum atomic E-state index is 12.8. The number of likely N-dealkylation sites (tertiary alicyclic amines) is 1. The van der Waals surface area contributed by atoms with Crippen LogP contribution in [0.15, 0.2) is 18.2 Å². The van der Waals surface area contributed by atoms with Gasteiger partial charge in [-0.3, -0.25) is 9.48 Å². The highest BCUT2D eigenvalue weighted by atomic mass is 16.2. The lowest BCUT2D eigenvalue weighted by molar-refractivity contribution is 0.0912. The van der Waals surface area contributed by atoms with Crippen molar-refractivity contribution >= 4 is 22.5 Å². The lowest BCUT2D eigenvalue weighted by atomic mass is 10.1. The van der Waals surface area contributed by atoms with E-state index in [1.54, 1.807) is 0 Å². The van der Waals surface area contributed by atoms with Gasteiger partial charge in [0.25, 0.3) is 5.91 Å². The van der Waals surface area contributed by atoms with Gasteiger partial charge < -0.3 is 15.1 Å². The molecule has 0 unspecified atom stereocenters. The van der Waals surface area contributed by atoms with E-state index in [4.69, 9.17) is 0 Å². The van der Waals surface area contributed by atoms with Crippen molar-refractivity contribution in [1.29, 1.82) is 0 Å². The minimum Gasteiger partial charge on any atom is -0.371 e. The summed E-state index contributed by atoms with van der Waals surface area (Å²) in [5.74, 6) is -0.0438. The van der Waals surface area contributed by atoms with Crippen molar-refractivity contribution in [2.75, 3.05) is 38.1 Å². The van der Waals surface area contributed by atoms with Gasteiger partial charge in [-0.25, -0.2) is 0 Å². The van der Waals surface area contributed by atoms with Crippen LogP contribution in [0.25, 0.3) is 10.9 Å². The van der Waals surface area contributed by atoms with E-state index >= 15 is 0 Å². The van der Waals surface area contributed by atoms with E-state index in [0.717, 1.165) is 49.9 Å². The Kier molecular flexibility index (Phi) is 5.34. The first kappa shape index (κ1) is 18.3. The van der Waals surface area contributed by atoms with Crippen molar-refractivity contribution in [1.82, 2.24) is 20.0 Å². The number of aryl methyl sites for hydroxylation is 1. The highest BCUT2D eigenvalue weighted by Gasteiger charge is 2.23. The molecule has 1 N–H and O–H groups in total. The number of benzene rings is 1. The number of rotatable bonds is 3. The molecule has 6 heteroatoms. The summed E-state index contributed by atoms with van der Waals surface area (Å²) in [6, 6.07) is 6.68. The minimum absolute atomic E-state index is 0.0438. The molecule has 1 amide bonds. The molecule has 0 atom stereocenters. The second-order valence-electron chi connectivity index (χ2n) is 8.13. The highest BCUT2D eigenvalue weighted by Crippen LogP contribution is 2.26. The fourth-order valence-electron chi connectivity index (χ4n) is 4.35. The second-order valence-corrected chi connectivity index (χ2v) is 8.13. The highest BCUT2D eigenvalue weighted by molar-refractivity contribution is 6.05. The van der Waals surface area contributed by atoms with Gasteiger partial charge in [0.15, 0.2) is 5.69 Å². The molecule has 4 rings (SSSR count). The van der Waals surface area contributed by atoms with Crippen molar-refractivity contribution in [2.45, 2.75) is 44.6 Å². The number of nitrogens with zero attached hydrogens (tertiary/aromatic N) is 4. The van der Waals surface area contributed by atoms with Crippen LogP contribution in [-0.2, 0) is 7.05 Å². The van der Waals surface area contributed by atoms with Gasteiger partial charge in [-0.1, -0.05) is 12.8 Å². The van der Waals surface area contributed by atoms with Crippen molar-refractivity contribution in [3.05, 3.63) is 23.9 Å². The van der Waals surface area contributed by atoms with Crippen LogP contribution in [0.5, 0.6) is 0 Å². The van der Waals surface area contributed by atoms with Crippen LogP contribution in [0, 0.1) is 0 Å². The number of carbonyl (C=O) groups is 1. The average molecular weight is 370 g/mol. The van der Waals surface area contributed by atoms with E-state index in [1.165, 1.54) is 31.4 Å². The Hall–Kier alpha value is -2.08. The summed E-state index contributed by atoms with van der Waals surface area (Å²) in [4.78, 5) is 17.6. The zero-order chi connectivity index (χ0) is 18.8. The number of nitrogens with one attached hydrogen (secondary N) is 1. The Morgan fingerprint density at radius 3 is 2.44 bits per heavy atom. The lowest BCUT2D eigenvalue weighted by Crippen LogP contribution is -2.43. The molecule has 6 nitrogen and oxygen atoms in total. The predicted molar refractivity (Wildman–Crippen MR) is 109 cm³/mol. The van der Waals surface area contributed by atoms with Gasteiger partial charge in [0.1, 0.15) is 0 Å². The summed E-state index contributed by atoms with van der Waals surface area (Å²) in [5.41, 5.74) is 2.83. The molecule has 1 aromatic carbocycles. The fourth-order valence-corrected chi connectivity index (χ4v) is 4.35. The van der Waals surface area contributed by atoms with Gasteiger partial charge in [0.05, 0.1) is 5.52 Å². The molecule has 1 aromatic heterocycles. The van der Waals surface area contributed by atoms with E-state index in [2.05, 4.69) is 45.5 Å². The smallest absolute Gasteiger partial charge is 0.272 e. The first-order valence-electron chi connectivity index (χ1n) is 10.3. The summed E-state index contributed by atoms with van der Waals surface area (Å²) in [5, 5.41) is 8.69. The van der Waals surface area contributed by atoms with Crippen LogP contribution in [0.3, 0.4) is 0 Å². The third kappa shape index (κ3) is 3.95. The van der Waals surface area contributed by atoms with Crippen molar-refractivity contribution in [3.63, 3.8) is 0 Å². The normalized spacial score (nSPS) is 20.0. The van der Waals surface area contributed by atoms with Gasteiger partial charge in [0.2, 0.25) is 0 Å². The summed E-state index contributed by atoms with van der Waals surface area (Å²) >= 11 is 0. The van der Waals surface area contributed by atoms with E-state index in [0.29, 0.717) is 5.69 Å². The third-order valence-corrected chi connectivity index (χ3v) is 6.08. The molecule has 2 aliphatic heterocycles. The molecular formula is C21H31N5O. The zero-order valence-corrected chi connectivity index (χ0v) is 16.6. The van der Waals surface area contributed by atoms with Crippen LogP contribution >= 0.6 is 0 Å². The topological polar surface area (TPSA) is 53.4 Å². The summed E-state index contributed by atoms with van der Waals surface area (Å²) in [6.45, 7) is 4.31. The largest absolute Gasteiger partial charge is 0.371 e. The zero-order valence-electron chi connectivity index (χ0n) is 16.6. The second kappa shape index (κ2) is 7.89. The molecule has 2 aromatic rings. The number of amides is 1. The molecule has 27 heavy (non-hydrogen) atoms. The summed E-state index contributed by atoms with van der Waals surface area (Å²) < 4.78 is 1.85. The quantitative estimate of drug-likeness (QED) is 0.904. The molecule has 0 aliphatic carbocycles. The maximum absolute atomic E-state index is 12.8. The molecule has 0 spiro atoms. The maximum Gasteiger partial charge on any atom is 0.272 e. The molecule has 0 saturated carbocycles. The predicted octanol–water partition coefficient (Wildman–Crippen LogP) is 2.78. The Morgan fingerprint density at radius 1 is 1.04 bits per heavy atom. The molecule has 3 heterocycles.